The van der Waals surface area contributed by atoms with Crippen molar-refractivity contribution in [2.75, 3.05) is 54.3 Å². The van der Waals surface area contributed by atoms with Crippen molar-refractivity contribution in [1.82, 2.24) is 9.97 Å². The number of carbonyl (C=O) groups is 1. The number of methoxy groups -OCH3 is 1. The van der Waals surface area contributed by atoms with Crippen molar-refractivity contribution in [2.45, 2.75) is 6.92 Å². The Hall–Kier alpha value is -4.11. The van der Waals surface area contributed by atoms with E-state index >= 15 is 0 Å². The van der Waals surface area contributed by atoms with Crippen LogP contribution in [0.3, 0.4) is 0 Å². The summed E-state index contributed by atoms with van der Waals surface area (Å²) in [7, 11) is 1.64. The molecule has 0 aliphatic carbocycles. The van der Waals surface area contributed by atoms with Crippen molar-refractivity contribution in [3.8, 4) is 5.75 Å². The van der Waals surface area contributed by atoms with E-state index in [1.165, 1.54) is 6.08 Å². The average molecular weight is 461 g/mol. The Morgan fingerprint density at radius 3 is 2.71 bits per heavy atom. The predicted molar refractivity (Wildman–Crippen MR) is 135 cm³/mol. The van der Waals surface area contributed by atoms with E-state index in [-0.39, 0.29) is 5.91 Å². The topological polar surface area (TPSA) is 101 Å². The fourth-order valence-corrected chi connectivity index (χ4v) is 3.56. The van der Waals surface area contributed by atoms with Crippen LogP contribution in [0, 0.1) is 6.92 Å². The number of amides is 1. The summed E-state index contributed by atoms with van der Waals surface area (Å²) in [6.07, 6.45) is 2.98. The summed E-state index contributed by atoms with van der Waals surface area (Å²) in [6.45, 7) is 8.54. The second kappa shape index (κ2) is 10.7. The number of hydrogen-bond acceptors (Lipinski definition) is 8. The van der Waals surface area contributed by atoms with Gasteiger partial charge in [-0.1, -0.05) is 12.6 Å². The van der Waals surface area contributed by atoms with Crippen molar-refractivity contribution in [1.29, 1.82) is 0 Å². The average Bonchev–Trinajstić information content (AvgIpc) is 2.87. The maximum Gasteiger partial charge on any atom is 0.247 e. The quantitative estimate of drug-likeness (QED) is 0.429. The predicted octanol–water partition coefficient (Wildman–Crippen LogP) is 4.24. The number of rotatable bonds is 8. The van der Waals surface area contributed by atoms with Gasteiger partial charge in [-0.05, 0) is 43.3 Å². The molecule has 34 heavy (non-hydrogen) atoms. The van der Waals surface area contributed by atoms with E-state index in [1.807, 2.05) is 43.3 Å². The third kappa shape index (κ3) is 5.62. The van der Waals surface area contributed by atoms with Crippen LogP contribution in [0.2, 0.25) is 0 Å². The number of morpholine rings is 1. The summed E-state index contributed by atoms with van der Waals surface area (Å²) < 4.78 is 11.1. The first-order chi connectivity index (χ1) is 16.6. The number of nitrogens with one attached hydrogen (secondary N) is 3. The van der Waals surface area contributed by atoms with Crippen molar-refractivity contribution >= 4 is 40.4 Å². The van der Waals surface area contributed by atoms with Crippen molar-refractivity contribution in [2.24, 2.45) is 0 Å². The Labute approximate surface area is 198 Å². The van der Waals surface area contributed by atoms with Crippen molar-refractivity contribution in [3.63, 3.8) is 0 Å². The van der Waals surface area contributed by atoms with Gasteiger partial charge in [-0.25, -0.2) is 4.98 Å². The number of benzene rings is 2. The van der Waals surface area contributed by atoms with Gasteiger partial charge in [-0.3, -0.25) is 4.79 Å². The van der Waals surface area contributed by atoms with Crippen molar-refractivity contribution in [3.05, 3.63) is 66.9 Å². The summed E-state index contributed by atoms with van der Waals surface area (Å²) in [6, 6.07) is 13.4. The molecule has 0 bridgehead atoms. The Kier molecular flexibility index (Phi) is 7.24. The maximum absolute atomic E-state index is 11.6. The zero-order valence-corrected chi connectivity index (χ0v) is 19.3. The molecular weight excluding hydrogens is 432 g/mol. The van der Waals surface area contributed by atoms with Gasteiger partial charge in [0.1, 0.15) is 11.6 Å². The lowest BCUT2D eigenvalue weighted by molar-refractivity contribution is -0.111. The number of aromatic nitrogens is 2. The van der Waals surface area contributed by atoms with Gasteiger partial charge in [0.2, 0.25) is 11.9 Å². The lowest BCUT2D eigenvalue weighted by Crippen LogP contribution is -2.36. The first kappa shape index (κ1) is 23.1. The molecule has 4 rings (SSSR count). The fourth-order valence-electron chi connectivity index (χ4n) is 3.56. The Bertz CT molecular complexity index is 1180. The molecule has 3 aromatic rings. The first-order valence-electron chi connectivity index (χ1n) is 11.0. The Morgan fingerprint density at radius 2 is 1.94 bits per heavy atom. The van der Waals surface area contributed by atoms with Gasteiger partial charge >= 0.3 is 0 Å². The van der Waals surface area contributed by atoms with Crippen LogP contribution in [-0.4, -0.2) is 49.3 Å². The lowest BCUT2D eigenvalue weighted by atomic mass is 10.2. The highest BCUT2D eigenvalue weighted by atomic mass is 16.5. The highest BCUT2D eigenvalue weighted by Gasteiger charge is 2.14. The van der Waals surface area contributed by atoms with Crippen LogP contribution in [0.4, 0.5) is 34.5 Å². The zero-order chi connectivity index (χ0) is 23.9. The number of nitrogens with zero attached hydrogens (tertiary/aromatic N) is 3. The first-order valence-corrected chi connectivity index (χ1v) is 11.0. The minimum absolute atomic E-state index is 0.268. The molecule has 9 heteroatoms. The molecule has 1 fully saturated rings. The maximum atomic E-state index is 11.6. The van der Waals surface area contributed by atoms with Crippen LogP contribution in [-0.2, 0) is 9.53 Å². The molecule has 2 heterocycles. The number of ether oxygens (including phenoxy) is 2. The van der Waals surface area contributed by atoms with Crippen LogP contribution in [0.1, 0.15) is 5.56 Å². The van der Waals surface area contributed by atoms with E-state index in [2.05, 4.69) is 37.4 Å². The van der Waals surface area contributed by atoms with Crippen LogP contribution >= 0.6 is 0 Å². The Balaban J connectivity index is 1.52. The molecule has 0 atom stereocenters. The molecule has 0 unspecified atom stereocenters. The summed E-state index contributed by atoms with van der Waals surface area (Å²) in [5, 5.41) is 9.30. The molecule has 9 nitrogen and oxygen atoms in total. The van der Waals surface area contributed by atoms with Gasteiger partial charge < -0.3 is 30.3 Å². The van der Waals surface area contributed by atoms with Gasteiger partial charge in [0, 0.05) is 48.0 Å². The molecule has 1 aliphatic heterocycles. The highest BCUT2D eigenvalue weighted by molar-refractivity contribution is 5.99. The van der Waals surface area contributed by atoms with Gasteiger partial charge in [0.25, 0.3) is 0 Å². The van der Waals surface area contributed by atoms with Crippen LogP contribution in [0.5, 0.6) is 5.75 Å². The third-order valence-corrected chi connectivity index (χ3v) is 5.36. The van der Waals surface area contributed by atoms with Crippen LogP contribution in [0.25, 0.3) is 0 Å². The van der Waals surface area contributed by atoms with Gasteiger partial charge in [-0.2, -0.15) is 4.98 Å². The normalized spacial score (nSPS) is 13.2. The summed E-state index contributed by atoms with van der Waals surface area (Å²) in [5.41, 5.74) is 4.16. The summed E-state index contributed by atoms with van der Waals surface area (Å²) >= 11 is 0. The summed E-state index contributed by atoms with van der Waals surface area (Å²) in [5.74, 6) is 1.51. The smallest absolute Gasteiger partial charge is 0.247 e. The lowest BCUT2D eigenvalue weighted by Gasteiger charge is -2.29. The van der Waals surface area contributed by atoms with Gasteiger partial charge in [0.05, 0.1) is 26.0 Å². The highest BCUT2D eigenvalue weighted by Crippen LogP contribution is 2.32. The molecule has 3 N–H and O–H groups in total. The third-order valence-electron chi connectivity index (χ3n) is 5.36. The molecule has 2 aromatic carbocycles. The van der Waals surface area contributed by atoms with E-state index in [1.54, 1.807) is 19.4 Å². The molecule has 1 aliphatic rings. The van der Waals surface area contributed by atoms with E-state index in [0.29, 0.717) is 23.2 Å². The summed E-state index contributed by atoms with van der Waals surface area (Å²) in [4.78, 5) is 22.9. The molecule has 1 aromatic heterocycles. The van der Waals surface area contributed by atoms with Gasteiger partial charge in [-0.15, -0.1) is 0 Å². The van der Waals surface area contributed by atoms with E-state index in [9.17, 15) is 4.79 Å². The molecule has 0 spiro atoms. The second-order valence-corrected chi connectivity index (χ2v) is 7.73. The molecular formula is C25H28N6O3. The second-order valence-electron chi connectivity index (χ2n) is 7.73. The zero-order valence-electron chi connectivity index (χ0n) is 19.3. The number of carbonyl (C=O) groups excluding carboxylic acids is 1. The van der Waals surface area contributed by atoms with E-state index < -0.39 is 0 Å². The number of aryl methyl sites for hydroxylation is 1. The SMILES string of the molecule is C=CC(=O)Nc1cccc(Nc2nc(Nc3ccc(N4CCOCC4)cc3OC)ncc2C)c1. The van der Waals surface area contributed by atoms with E-state index in [4.69, 9.17) is 9.47 Å². The molecule has 0 radical (unpaired) electrons. The minimum Gasteiger partial charge on any atom is -0.494 e. The number of hydrogen-bond donors (Lipinski definition) is 3. The number of anilines is 6. The molecule has 176 valence electrons. The molecule has 1 saturated heterocycles. The minimum atomic E-state index is -0.268. The van der Waals surface area contributed by atoms with Crippen LogP contribution < -0.4 is 25.6 Å². The monoisotopic (exact) mass is 460 g/mol. The Morgan fingerprint density at radius 1 is 1.15 bits per heavy atom. The fraction of sp³-hybridized carbons (Fsp3) is 0.240. The van der Waals surface area contributed by atoms with Crippen molar-refractivity contribution < 1.29 is 14.3 Å². The van der Waals surface area contributed by atoms with Gasteiger partial charge in [0.15, 0.2) is 0 Å². The standard InChI is InChI=1S/C25H28N6O3/c1-4-23(32)27-18-6-5-7-19(14-18)28-24-17(2)16-26-25(30-24)29-21-9-8-20(15-22(21)33-3)31-10-12-34-13-11-31/h4-9,14-16H,1,10-13H2,2-3H3,(H,27,32)(H2,26,28,29,30). The van der Waals surface area contributed by atoms with Crippen LogP contribution in [0.15, 0.2) is 61.3 Å². The van der Waals surface area contributed by atoms with E-state index in [0.717, 1.165) is 48.9 Å². The molecule has 1 amide bonds. The largest absolute Gasteiger partial charge is 0.494 e. The molecule has 0 saturated carbocycles.